The van der Waals surface area contributed by atoms with Crippen LogP contribution in [0.1, 0.15) is 12.5 Å². The Morgan fingerprint density at radius 2 is 2.13 bits per heavy atom. The Kier molecular flexibility index (Phi) is 2.73. The van der Waals surface area contributed by atoms with Gasteiger partial charge in [-0.1, -0.05) is 13.0 Å². The molecule has 1 heterocycles. The Labute approximate surface area is 91.8 Å². The first kappa shape index (κ1) is 10.9. The van der Waals surface area contributed by atoms with Gasteiger partial charge in [-0.25, -0.2) is 8.78 Å². The average Bonchev–Trinajstić information content (AvgIpc) is 2.97. The molecule has 0 aromatic heterocycles. The van der Waals surface area contributed by atoms with E-state index in [4.69, 9.17) is 4.74 Å². The van der Waals surface area contributed by atoms with Crippen molar-refractivity contribution in [1.82, 2.24) is 0 Å². The van der Waals surface area contributed by atoms with Crippen molar-refractivity contribution in [3.05, 3.63) is 35.4 Å². The minimum Gasteiger partial charge on any atom is -0.363 e. The summed E-state index contributed by atoms with van der Waals surface area (Å²) in [5.41, 5.74) is -0.0808. The normalized spacial score (nSPS) is 26.4. The first-order valence-electron chi connectivity index (χ1n) is 4.72. The number of ether oxygens (including phenoxy) is 1. The Bertz CT molecular complexity index is 377. The second-order valence-electron chi connectivity index (χ2n) is 3.68. The zero-order chi connectivity index (χ0) is 11.1. The highest BCUT2D eigenvalue weighted by molar-refractivity contribution is 7.99. The van der Waals surface area contributed by atoms with Crippen molar-refractivity contribution < 1.29 is 13.5 Å². The van der Waals surface area contributed by atoms with Crippen molar-refractivity contribution in [2.75, 3.05) is 12.9 Å². The van der Waals surface area contributed by atoms with Gasteiger partial charge in [0.15, 0.2) is 0 Å². The molecule has 1 aromatic carbocycles. The fraction of sp³-hybridized carbons (Fsp3) is 0.455. The van der Waals surface area contributed by atoms with E-state index in [-0.39, 0.29) is 5.25 Å². The summed E-state index contributed by atoms with van der Waals surface area (Å²) in [5.74, 6) is -1.07. The molecule has 1 aliphatic heterocycles. The number of hydrogen-bond donors (Lipinski definition) is 0. The van der Waals surface area contributed by atoms with E-state index in [2.05, 4.69) is 0 Å². The molecule has 15 heavy (non-hydrogen) atoms. The minimum atomic E-state index is -0.552. The summed E-state index contributed by atoms with van der Waals surface area (Å²) in [6, 6.07) is 3.66. The summed E-state index contributed by atoms with van der Waals surface area (Å²) in [4.78, 5) is 0. The van der Waals surface area contributed by atoms with Crippen LogP contribution in [0.25, 0.3) is 0 Å². The first-order valence-corrected chi connectivity index (χ1v) is 6.01. The molecule has 0 N–H and O–H groups in total. The fourth-order valence-corrected chi connectivity index (χ4v) is 2.35. The zero-order valence-corrected chi connectivity index (χ0v) is 9.41. The number of rotatable bonds is 3. The van der Waals surface area contributed by atoms with Gasteiger partial charge in [-0.15, -0.1) is 0 Å². The molecule has 82 valence electrons. The highest BCUT2D eigenvalue weighted by atomic mass is 32.2. The summed E-state index contributed by atoms with van der Waals surface area (Å²) < 4.78 is 31.7. The summed E-state index contributed by atoms with van der Waals surface area (Å²) in [6.45, 7) is 2.50. The fourth-order valence-electron chi connectivity index (χ4n) is 1.71. The molecule has 1 aromatic rings. The van der Waals surface area contributed by atoms with Crippen LogP contribution in [0, 0.1) is 11.6 Å². The molecule has 2 atom stereocenters. The quantitative estimate of drug-likeness (QED) is 0.740. The van der Waals surface area contributed by atoms with Crippen molar-refractivity contribution >= 4 is 11.8 Å². The molecule has 1 fully saturated rings. The second kappa shape index (κ2) is 3.76. The predicted octanol–water partition coefficient (Wildman–Crippen LogP) is 2.94. The number of epoxide rings is 1. The molecule has 0 radical (unpaired) electrons. The molecule has 2 rings (SSSR count). The summed E-state index contributed by atoms with van der Waals surface area (Å²) in [7, 11) is 0. The van der Waals surface area contributed by atoms with Crippen LogP contribution in [0.4, 0.5) is 8.78 Å². The molecule has 1 saturated heterocycles. The third-order valence-corrected chi connectivity index (χ3v) is 3.94. The van der Waals surface area contributed by atoms with E-state index in [1.165, 1.54) is 12.1 Å². The lowest BCUT2D eigenvalue weighted by atomic mass is 9.96. The molecule has 0 bridgehead atoms. The smallest absolute Gasteiger partial charge is 0.132 e. The van der Waals surface area contributed by atoms with E-state index in [0.29, 0.717) is 12.2 Å². The van der Waals surface area contributed by atoms with Crippen molar-refractivity contribution in [1.29, 1.82) is 0 Å². The van der Waals surface area contributed by atoms with Gasteiger partial charge in [-0.05, 0) is 12.3 Å². The van der Waals surface area contributed by atoms with Gasteiger partial charge in [-0.3, -0.25) is 0 Å². The maximum atomic E-state index is 13.6. The van der Waals surface area contributed by atoms with Crippen LogP contribution in [-0.2, 0) is 10.3 Å². The van der Waals surface area contributed by atoms with Gasteiger partial charge >= 0.3 is 0 Å². The molecule has 2 unspecified atom stereocenters. The SMILES string of the molecule is CSC(C)C1(c2ccc(F)cc2F)CO1. The highest BCUT2D eigenvalue weighted by Crippen LogP contribution is 2.47. The van der Waals surface area contributed by atoms with Crippen LogP contribution in [0.5, 0.6) is 0 Å². The van der Waals surface area contributed by atoms with Gasteiger partial charge in [0.1, 0.15) is 17.2 Å². The lowest BCUT2D eigenvalue weighted by Crippen LogP contribution is -2.23. The zero-order valence-electron chi connectivity index (χ0n) is 8.59. The molecule has 0 amide bonds. The number of halogens is 2. The van der Waals surface area contributed by atoms with Gasteiger partial charge < -0.3 is 4.74 Å². The third kappa shape index (κ3) is 1.76. The maximum absolute atomic E-state index is 13.6. The van der Waals surface area contributed by atoms with E-state index < -0.39 is 17.2 Å². The Hall–Kier alpha value is -0.610. The number of thioether (sulfide) groups is 1. The van der Waals surface area contributed by atoms with E-state index in [1.54, 1.807) is 11.8 Å². The Balaban J connectivity index is 2.37. The topological polar surface area (TPSA) is 12.5 Å². The lowest BCUT2D eigenvalue weighted by Gasteiger charge is -2.19. The molecule has 0 spiro atoms. The van der Waals surface area contributed by atoms with Gasteiger partial charge in [0.2, 0.25) is 0 Å². The van der Waals surface area contributed by atoms with E-state index in [1.807, 2.05) is 13.2 Å². The molecule has 1 nitrogen and oxygen atoms in total. The highest BCUT2D eigenvalue weighted by Gasteiger charge is 2.52. The van der Waals surface area contributed by atoms with E-state index in [9.17, 15) is 8.78 Å². The van der Waals surface area contributed by atoms with Gasteiger partial charge in [0, 0.05) is 16.9 Å². The lowest BCUT2D eigenvalue weighted by molar-refractivity contribution is 0.299. The van der Waals surface area contributed by atoms with Crippen molar-refractivity contribution in [3.8, 4) is 0 Å². The molecule has 0 saturated carbocycles. The minimum absolute atomic E-state index is 0.164. The summed E-state index contributed by atoms with van der Waals surface area (Å²) in [5, 5.41) is 0.164. The standard InChI is InChI=1S/C11H12F2OS/c1-7(15-2)11(6-14-11)9-4-3-8(12)5-10(9)13/h3-5,7H,6H2,1-2H3. The van der Waals surface area contributed by atoms with Crippen LogP contribution in [0.2, 0.25) is 0 Å². The number of benzene rings is 1. The van der Waals surface area contributed by atoms with Crippen molar-refractivity contribution in [3.63, 3.8) is 0 Å². The van der Waals surface area contributed by atoms with E-state index >= 15 is 0 Å². The van der Waals surface area contributed by atoms with Crippen LogP contribution < -0.4 is 0 Å². The number of hydrogen-bond acceptors (Lipinski definition) is 2. The van der Waals surface area contributed by atoms with Crippen LogP contribution in [-0.4, -0.2) is 18.1 Å². The molecule has 0 aliphatic carbocycles. The van der Waals surface area contributed by atoms with Crippen molar-refractivity contribution in [2.24, 2.45) is 0 Å². The summed E-state index contributed by atoms with van der Waals surface area (Å²) in [6.07, 6.45) is 1.95. The van der Waals surface area contributed by atoms with Crippen LogP contribution >= 0.6 is 11.8 Å². The molecular weight excluding hydrogens is 218 g/mol. The molecular formula is C11H12F2OS. The monoisotopic (exact) mass is 230 g/mol. The predicted molar refractivity (Wildman–Crippen MR) is 57.0 cm³/mol. The molecule has 1 aliphatic rings. The largest absolute Gasteiger partial charge is 0.363 e. The average molecular weight is 230 g/mol. The van der Waals surface area contributed by atoms with Gasteiger partial charge in [0.25, 0.3) is 0 Å². The maximum Gasteiger partial charge on any atom is 0.132 e. The van der Waals surface area contributed by atoms with Crippen LogP contribution in [0.3, 0.4) is 0 Å². The van der Waals surface area contributed by atoms with E-state index in [0.717, 1.165) is 6.07 Å². The van der Waals surface area contributed by atoms with Gasteiger partial charge in [-0.2, -0.15) is 11.8 Å². The van der Waals surface area contributed by atoms with Crippen molar-refractivity contribution in [2.45, 2.75) is 17.8 Å². The summed E-state index contributed by atoms with van der Waals surface area (Å²) >= 11 is 1.62. The van der Waals surface area contributed by atoms with Crippen LogP contribution in [0.15, 0.2) is 18.2 Å². The third-order valence-electron chi connectivity index (χ3n) is 2.85. The first-order chi connectivity index (χ1) is 7.10. The molecule has 4 heteroatoms. The Morgan fingerprint density at radius 3 is 2.60 bits per heavy atom. The Morgan fingerprint density at radius 1 is 1.47 bits per heavy atom. The second-order valence-corrected chi connectivity index (χ2v) is 4.86. The van der Waals surface area contributed by atoms with Gasteiger partial charge in [0.05, 0.1) is 6.61 Å².